The monoisotopic (exact) mass is 336 g/mol. The topological polar surface area (TPSA) is 58.1 Å². The minimum Gasteiger partial charge on any atom is -0.325 e. The summed E-state index contributed by atoms with van der Waals surface area (Å²) >= 11 is 0. The minimum absolute atomic E-state index is 0.0344. The molecule has 0 unspecified atom stereocenters. The van der Waals surface area contributed by atoms with Crippen molar-refractivity contribution in [1.29, 1.82) is 0 Å². The fourth-order valence-electron chi connectivity index (χ4n) is 2.45. The van der Waals surface area contributed by atoms with Crippen LogP contribution in [0.25, 0.3) is 0 Å². The van der Waals surface area contributed by atoms with Gasteiger partial charge in [-0.2, -0.15) is 0 Å². The number of hydrogen-bond acceptors (Lipinski definition) is 4. The Bertz CT molecular complexity index is 853. The van der Waals surface area contributed by atoms with Gasteiger partial charge in [0.1, 0.15) is 5.82 Å². The Balaban J connectivity index is 1.76. The van der Waals surface area contributed by atoms with Crippen molar-refractivity contribution >= 4 is 23.2 Å². The fraction of sp³-hybridized carbons (Fsp3) is 0.105. The van der Waals surface area contributed by atoms with Crippen molar-refractivity contribution in [2.75, 3.05) is 16.8 Å². The average molecular weight is 336 g/mol. The second-order valence-corrected chi connectivity index (χ2v) is 5.29. The number of rotatable bonds is 5. The van der Waals surface area contributed by atoms with Gasteiger partial charge < -0.3 is 10.2 Å². The van der Waals surface area contributed by atoms with Crippen molar-refractivity contribution in [1.82, 2.24) is 10.2 Å². The van der Waals surface area contributed by atoms with E-state index in [0.717, 1.165) is 12.2 Å². The number of hydrogen-bond donors (Lipinski definition) is 1. The lowest BCUT2D eigenvalue weighted by Crippen LogP contribution is -2.19. The van der Waals surface area contributed by atoms with Crippen molar-refractivity contribution in [3.05, 3.63) is 78.1 Å². The molecule has 3 aromatic rings. The van der Waals surface area contributed by atoms with E-state index in [1.54, 1.807) is 18.2 Å². The number of amides is 1. The lowest BCUT2D eigenvalue weighted by molar-refractivity contribution is 0.102. The van der Waals surface area contributed by atoms with Crippen molar-refractivity contribution in [2.45, 2.75) is 6.92 Å². The van der Waals surface area contributed by atoms with E-state index < -0.39 is 11.7 Å². The Kier molecular flexibility index (Phi) is 4.99. The van der Waals surface area contributed by atoms with Gasteiger partial charge in [-0.05, 0) is 43.3 Å². The summed E-state index contributed by atoms with van der Waals surface area (Å²) in [6.07, 6.45) is 0. The Morgan fingerprint density at radius 3 is 2.36 bits per heavy atom. The maximum absolute atomic E-state index is 13.6. The molecular weight excluding hydrogens is 319 g/mol. The molecule has 0 saturated heterocycles. The van der Waals surface area contributed by atoms with Gasteiger partial charge in [-0.1, -0.05) is 30.3 Å². The van der Waals surface area contributed by atoms with Crippen LogP contribution in [0, 0.1) is 5.82 Å². The van der Waals surface area contributed by atoms with Crippen LogP contribution in [0.1, 0.15) is 17.3 Å². The molecule has 3 rings (SSSR count). The summed E-state index contributed by atoms with van der Waals surface area (Å²) < 4.78 is 13.6. The van der Waals surface area contributed by atoms with Crippen LogP contribution in [0.3, 0.4) is 0 Å². The molecule has 0 fully saturated rings. The summed E-state index contributed by atoms with van der Waals surface area (Å²) in [5.41, 5.74) is 0.968. The highest BCUT2D eigenvalue weighted by molar-refractivity contribution is 6.03. The number of nitrogens with one attached hydrogen (secondary N) is 1. The van der Waals surface area contributed by atoms with Crippen LogP contribution in [-0.2, 0) is 0 Å². The van der Waals surface area contributed by atoms with Crippen molar-refractivity contribution in [2.24, 2.45) is 0 Å². The number of anilines is 3. The average Bonchev–Trinajstić information content (AvgIpc) is 2.65. The number of carbonyl (C=O) groups excluding carboxylic acids is 1. The van der Waals surface area contributed by atoms with Gasteiger partial charge in [-0.25, -0.2) is 4.39 Å². The zero-order valence-corrected chi connectivity index (χ0v) is 13.7. The van der Waals surface area contributed by atoms with Gasteiger partial charge in [0.05, 0.1) is 5.56 Å². The molecule has 0 aliphatic heterocycles. The number of halogens is 1. The molecule has 0 aliphatic carbocycles. The van der Waals surface area contributed by atoms with Crippen molar-refractivity contribution < 1.29 is 9.18 Å². The minimum atomic E-state index is -0.578. The first-order valence-corrected chi connectivity index (χ1v) is 7.91. The van der Waals surface area contributed by atoms with Crippen molar-refractivity contribution in [3.8, 4) is 0 Å². The smallest absolute Gasteiger partial charge is 0.259 e. The predicted molar refractivity (Wildman–Crippen MR) is 95.5 cm³/mol. The molecule has 1 amide bonds. The highest BCUT2D eigenvalue weighted by Gasteiger charge is 2.13. The highest BCUT2D eigenvalue weighted by atomic mass is 19.1. The fourth-order valence-corrected chi connectivity index (χ4v) is 2.45. The molecule has 126 valence electrons. The van der Waals surface area contributed by atoms with Gasteiger partial charge in [0.25, 0.3) is 5.91 Å². The Hall–Kier alpha value is -3.28. The Morgan fingerprint density at radius 1 is 1.00 bits per heavy atom. The second kappa shape index (κ2) is 7.53. The third kappa shape index (κ3) is 3.80. The number of aromatic nitrogens is 2. The van der Waals surface area contributed by atoms with Crippen LogP contribution in [0.5, 0.6) is 0 Å². The maximum atomic E-state index is 13.6. The van der Waals surface area contributed by atoms with E-state index in [0.29, 0.717) is 5.82 Å². The zero-order chi connectivity index (χ0) is 17.6. The van der Waals surface area contributed by atoms with Crippen LogP contribution < -0.4 is 10.2 Å². The van der Waals surface area contributed by atoms with E-state index in [4.69, 9.17) is 0 Å². The van der Waals surface area contributed by atoms with Gasteiger partial charge in [-0.3, -0.25) is 4.79 Å². The third-order valence-corrected chi connectivity index (χ3v) is 3.67. The second-order valence-electron chi connectivity index (χ2n) is 5.29. The molecule has 0 saturated carbocycles. The summed E-state index contributed by atoms with van der Waals surface area (Å²) in [5, 5.41) is 10.7. The van der Waals surface area contributed by atoms with Gasteiger partial charge in [0.15, 0.2) is 11.6 Å². The van der Waals surface area contributed by atoms with E-state index in [1.807, 2.05) is 42.2 Å². The molecule has 2 aromatic carbocycles. The quantitative estimate of drug-likeness (QED) is 0.764. The maximum Gasteiger partial charge on any atom is 0.259 e. The number of benzene rings is 2. The first-order chi connectivity index (χ1) is 12.2. The summed E-state index contributed by atoms with van der Waals surface area (Å²) in [5.74, 6) is -0.208. The van der Waals surface area contributed by atoms with Crippen LogP contribution in [0.2, 0.25) is 0 Å². The summed E-state index contributed by atoms with van der Waals surface area (Å²) in [7, 11) is 0. The first kappa shape index (κ1) is 16.6. The lowest BCUT2D eigenvalue weighted by Gasteiger charge is -2.21. The lowest BCUT2D eigenvalue weighted by atomic mass is 10.2. The van der Waals surface area contributed by atoms with E-state index in [9.17, 15) is 9.18 Å². The molecule has 25 heavy (non-hydrogen) atoms. The van der Waals surface area contributed by atoms with Gasteiger partial charge >= 0.3 is 0 Å². The highest BCUT2D eigenvalue weighted by Crippen LogP contribution is 2.22. The zero-order valence-electron chi connectivity index (χ0n) is 13.7. The molecule has 1 aromatic heterocycles. The van der Waals surface area contributed by atoms with Crippen LogP contribution in [0.15, 0.2) is 66.7 Å². The standard InChI is InChI=1S/C19H17FN4O/c1-2-24(14-8-4-3-5-9-14)18-13-12-17(22-23-18)21-19(25)15-10-6-7-11-16(15)20/h3-13H,2H2,1H3,(H,21,22,25). The Labute approximate surface area is 145 Å². The molecule has 0 atom stereocenters. The molecule has 1 N–H and O–H groups in total. The van der Waals surface area contributed by atoms with Gasteiger partial charge in [0, 0.05) is 12.2 Å². The van der Waals surface area contributed by atoms with E-state index in [1.165, 1.54) is 18.2 Å². The molecule has 0 aliphatic rings. The van der Waals surface area contributed by atoms with Crippen LogP contribution >= 0.6 is 0 Å². The summed E-state index contributed by atoms with van der Waals surface area (Å²) in [4.78, 5) is 14.1. The van der Waals surface area contributed by atoms with Gasteiger partial charge in [-0.15, -0.1) is 10.2 Å². The molecule has 0 bridgehead atoms. The predicted octanol–water partition coefficient (Wildman–Crippen LogP) is 4.03. The Morgan fingerprint density at radius 2 is 1.72 bits per heavy atom. The molecule has 1 heterocycles. The van der Waals surface area contributed by atoms with E-state index in [-0.39, 0.29) is 11.4 Å². The van der Waals surface area contributed by atoms with E-state index >= 15 is 0 Å². The molecule has 6 heteroatoms. The molecule has 0 radical (unpaired) electrons. The molecule has 0 spiro atoms. The largest absolute Gasteiger partial charge is 0.325 e. The number of nitrogens with zero attached hydrogens (tertiary/aromatic N) is 3. The SMILES string of the molecule is CCN(c1ccccc1)c1ccc(NC(=O)c2ccccc2F)nn1. The van der Waals surface area contributed by atoms with E-state index in [2.05, 4.69) is 15.5 Å². The van der Waals surface area contributed by atoms with Crippen molar-refractivity contribution in [3.63, 3.8) is 0 Å². The summed E-state index contributed by atoms with van der Waals surface area (Å²) in [6, 6.07) is 19.0. The third-order valence-electron chi connectivity index (χ3n) is 3.67. The first-order valence-electron chi connectivity index (χ1n) is 7.91. The molecule has 5 nitrogen and oxygen atoms in total. The summed E-state index contributed by atoms with van der Waals surface area (Å²) in [6.45, 7) is 2.74. The molecular formula is C19H17FN4O. The number of carbonyl (C=O) groups is 1. The normalized spacial score (nSPS) is 10.3. The van der Waals surface area contributed by atoms with Gasteiger partial charge in [0.2, 0.25) is 0 Å². The van der Waals surface area contributed by atoms with Crippen LogP contribution in [-0.4, -0.2) is 22.6 Å². The number of para-hydroxylation sites is 1. The van der Waals surface area contributed by atoms with Crippen LogP contribution in [0.4, 0.5) is 21.7 Å².